The molecule has 0 spiro atoms. The van der Waals surface area contributed by atoms with Gasteiger partial charge in [-0.05, 0) is 25.2 Å². The molecular weight excluding hydrogens is 216 g/mol. The first kappa shape index (κ1) is 12.8. The van der Waals surface area contributed by atoms with Crippen LogP contribution in [0.4, 0.5) is 0 Å². The Morgan fingerprint density at radius 1 is 1.47 bits per heavy atom. The van der Waals surface area contributed by atoms with E-state index in [9.17, 15) is 4.79 Å². The van der Waals surface area contributed by atoms with Crippen LogP contribution in [0.3, 0.4) is 0 Å². The fourth-order valence-electron chi connectivity index (χ4n) is 2.18. The first-order valence-corrected chi connectivity index (χ1v) is 6.80. The van der Waals surface area contributed by atoms with Crippen molar-refractivity contribution in [2.75, 3.05) is 26.3 Å². The number of hydrogen-bond acceptors (Lipinski definition) is 3. The fraction of sp³-hybridized carbons (Fsp3) is 0.923. The molecule has 2 rings (SSSR count). The molecule has 98 valence electrons. The quantitative estimate of drug-likeness (QED) is 0.780. The molecule has 1 saturated carbocycles. The lowest BCUT2D eigenvalue weighted by Gasteiger charge is -2.30. The van der Waals surface area contributed by atoms with Crippen LogP contribution in [0.25, 0.3) is 0 Å². The maximum Gasteiger partial charge on any atom is 0.242 e. The van der Waals surface area contributed by atoms with Gasteiger partial charge in [0.15, 0.2) is 0 Å². The summed E-state index contributed by atoms with van der Waals surface area (Å²) in [6.45, 7) is 7.36. The van der Waals surface area contributed by atoms with Crippen molar-refractivity contribution in [2.45, 2.75) is 45.2 Å². The highest BCUT2D eigenvalue weighted by atomic mass is 16.5. The van der Waals surface area contributed by atoms with Crippen LogP contribution in [0.2, 0.25) is 0 Å². The summed E-state index contributed by atoms with van der Waals surface area (Å²) >= 11 is 0. The van der Waals surface area contributed by atoms with Crippen LogP contribution in [0.5, 0.6) is 0 Å². The van der Waals surface area contributed by atoms with Crippen LogP contribution in [0.15, 0.2) is 0 Å². The Labute approximate surface area is 104 Å². The molecule has 17 heavy (non-hydrogen) atoms. The highest BCUT2D eigenvalue weighted by Crippen LogP contribution is 2.28. The molecule has 4 heteroatoms. The standard InChI is InChI=1S/C13H24N2O2/c1-10(2)5-7-15(11-3-4-11)13(16)12-9-17-8-6-14-12/h10-12,14H,3-9H2,1-2H3. The molecule has 0 bridgehead atoms. The lowest BCUT2D eigenvalue weighted by molar-refractivity contribution is -0.137. The number of nitrogens with zero attached hydrogens (tertiary/aromatic N) is 1. The molecule has 1 heterocycles. The largest absolute Gasteiger partial charge is 0.378 e. The molecule has 2 fully saturated rings. The summed E-state index contributed by atoms with van der Waals surface area (Å²) in [5, 5.41) is 3.25. The number of carbonyl (C=O) groups is 1. The van der Waals surface area contributed by atoms with Gasteiger partial charge in [-0.2, -0.15) is 0 Å². The average Bonchev–Trinajstić information content (AvgIpc) is 3.14. The van der Waals surface area contributed by atoms with Crippen LogP contribution in [-0.4, -0.2) is 49.2 Å². The van der Waals surface area contributed by atoms with Crippen molar-refractivity contribution in [3.63, 3.8) is 0 Å². The molecular formula is C13H24N2O2. The minimum absolute atomic E-state index is 0.114. The summed E-state index contributed by atoms with van der Waals surface area (Å²) in [5.41, 5.74) is 0. The summed E-state index contributed by atoms with van der Waals surface area (Å²) in [6, 6.07) is 0.390. The Balaban J connectivity index is 1.87. The second-order valence-electron chi connectivity index (χ2n) is 5.53. The van der Waals surface area contributed by atoms with Crippen LogP contribution in [-0.2, 0) is 9.53 Å². The van der Waals surface area contributed by atoms with Crippen molar-refractivity contribution < 1.29 is 9.53 Å². The number of amides is 1. The molecule has 0 aromatic heterocycles. The summed E-state index contributed by atoms with van der Waals surface area (Å²) in [5.74, 6) is 0.896. The third-order valence-electron chi connectivity index (χ3n) is 3.44. The first-order valence-electron chi connectivity index (χ1n) is 6.80. The van der Waals surface area contributed by atoms with Gasteiger partial charge in [0.1, 0.15) is 6.04 Å². The highest BCUT2D eigenvalue weighted by Gasteiger charge is 2.36. The van der Waals surface area contributed by atoms with Gasteiger partial charge in [0.25, 0.3) is 0 Å². The van der Waals surface area contributed by atoms with Crippen molar-refractivity contribution in [2.24, 2.45) is 5.92 Å². The van der Waals surface area contributed by atoms with Crippen molar-refractivity contribution in [1.29, 1.82) is 0 Å². The summed E-state index contributed by atoms with van der Waals surface area (Å²) in [6.07, 6.45) is 3.45. The van der Waals surface area contributed by atoms with E-state index in [0.717, 1.165) is 26.1 Å². The number of hydrogen-bond donors (Lipinski definition) is 1. The zero-order valence-electron chi connectivity index (χ0n) is 10.9. The third kappa shape index (κ3) is 3.68. The Hall–Kier alpha value is -0.610. The summed E-state index contributed by atoms with van der Waals surface area (Å²) < 4.78 is 5.37. The molecule has 1 N–H and O–H groups in total. The van der Waals surface area contributed by atoms with Crippen LogP contribution in [0.1, 0.15) is 33.1 Å². The normalized spacial score (nSPS) is 25.0. The number of ether oxygens (including phenoxy) is 1. The molecule has 1 aliphatic carbocycles. The Bertz CT molecular complexity index is 258. The zero-order chi connectivity index (χ0) is 12.3. The van der Waals surface area contributed by atoms with E-state index in [4.69, 9.17) is 4.74 Å². The Morgan fingerprint density at radius 3 is 2.76 bits per heavy atom. The van der Waals surface area contributed by atoms with Gasteiger partial charge in [-0.25, -0.2) is 0 Å². The molecule has 1 saturated heterocycles. The van der Waals surface area contributed by atoms with Gasteiger partial charge in [-0.1, -0.05) is 13.8 Å². The monoisotopic (exact) mass is 240 g/mol. The van der Waals surface area contributed by atoms with Gasteiger partial charge >= 0.3 is 0 Å². The molecule has 0 radical (unpaired) electrons. The topological polar surface area (TPSA) is 41.6 Å². The van der Waals surface area contributed by atoms with E-state index >= 15 is 0 Å². The van der Waals surface area contributed by atoms with Crippen molar-refractivity contribution >= 4 is 5.91 Å². The van der Waals surface area contributed by atoms with Crippen LogP contribution >= 0.6 is 0 Å². The van der Waals surface area contributed by atoms with Gasteiger partial charge in [0.05, 0.1) is 13.2 Å². The van der Waals surface area contributed by atoms with Gasteiger partial charge in [0, 0.05) is 19.1 Å². The lowest BCUT2D eigenvalue weighted by atomic mass is 10.1. The Morgan fingerprint density at radius 2 is 2.24 bits per heavy atom. The van der Waals surface area contributed by atoms with Crippen molar-refractivity contribution in [1.82, 2.24) is 10.2 Å². The average molecular weight is 240 g/mol. The first-order chi connectivity index (χ1) is 8.18. The second kappa shape index (κ2) is 5.83. The Kier molecular flexibility index (Phi) is 4.40. The molecule has 2 aliphatic rings. The minimum Gasteiger partial charge on any atom is -0.378 e. The maximum absolute atomic E-state index is 12.4. The van der Waals surface area contributed by atoms with Crippen molar-refractivity contribution in [3.8, 4) is 0 Å². The molecule has 1 atom stereocenters. The molecule has 0 aromatic rings. The van der Waals surface area contributed by atoms with Gasteiger partial charge < -0.3 is 15.0 Å². The van der Waals surface area contributed by atoms with Crippen LogP contribution < -0.4 is 5.32 Å². The van der Waals surface area contributed by atoms with Crippen molar-refractivity contribution in [3.05, 3.63) is 0 Å². The molecule has 0 aromatic carbocycles. The smallest absolute Gasteiger partial charge is 0.242 e. The van der Waals surface area contributed by atoms with E-state index in [1.807, 2.05) is 0 Å². The molecule has 1 amide bonds. The highest BCUT2D eigenvalue weighted by molar-refractivity contribution is 5.82. The van der Waals surface area contributed by atoms with E-state index in [2.05, 4.69) is 24.1 Å². The third-order valence-corrected chi connectivity index (χ3v) is 3.44. The second-order valence-corrected chi connectivity index (χ2v) is 5.53. The zero-order valence-corrected chi connectivity index (χ0v) is 10.9. The van der Waals surface area contributed by atoms with E-state index < -0.39 is 0 Å². The van der Waals surface area contributed by atoms with Gasteiger partial charge in [0.2, 0.25) is 5.91 Å². The van der Waals surface area contributed by atoms with E-state index in [-0.39, 0.29) is 11.9 Å². The van der Waals surface area contributed by atoms with Crippen LogP contribution in [0, 0.1) is 5.92 Å². The predicted octanol–water partition coefficient (Wildman–Crippen LogP) is 1.01. The summed E-state index contributed by atoms with van der Waals surface area (Å²) in [7, 11) is 0. The lowest BCUT2D eigenvalue weighted by Crippen LogP contribution is -2.53. The molecule has 1 unspecified atom stereocenters. The maximum atomic E-state index is 12.4. The van der Waals surface area contributed by atoms with Gasteiger partial charge in [-0.15, -0.1) is 0 Å². The van der Waals surface area contributed by atoms with Gasteiger partial charge in [-0.3, -0.25) is 4.79 Å². The number of morpholine rings is 1. The van der Waals surface area contributed by atoms with E-state index in [1.54, 1.807) is 0 Å². The number of nitrogens with one attached hydrogen (secondary N) is 1. The SMILES string of the molecule is CC(C)CCN(C(=O)C1COCCN1)C1CC1. The molecule has 1 aliphatic heterocycles. The van der Waals surface area contributed by atoms with E-state index in [0.29, 0.717) is 18.6 Å². The number of rotatable bonds is 5. The fourth-order valence-corrected chi connectivity index (χ4v) is 2.18. The number of carbonyl (C=O) groups excluding carboxylic acids is 1. The van der Waals surface area contributed by atoms with E-state index in [1.165, 1.54) is 12.8 Å². The predicted molar refractivity (Wildman–Crippen MR) is 66.8 cm³/mol. The molecule has 4 nitrogen and oxygen atoms in total. The summed E-state index contributed by atoms with van der Waals surface area (Å²) in [4.78, 5) is 14.5. The minimum atomic E-state index is -0.114.